The van der Waals surface area contributed by atoms with Crippen LogP contribution in [0.4, 0.5) is 0 Å². The van der Waals surface area contributed by atoms with Crippen LogP contribution in [0.25, 0.3) is 11.1 Å². The average Bonchev–Trinajstić information content (AvgIpc) is 2.70. The van der Waals surface area contributed by atoms with E-state index in [1.807, 2.05) is 6.20 Å². The summed E-state index contributed by atoms with van der Waals surface area (Å²) < 4.78 is 0. The zero-order valence-electron chi connectivity index (χ0n) is 14.9. The predicted molar refractivity (Wildman–Crippen MR) is 106 cm³/mol. The Labute approximate surface area is 154 Å². The Morgan fingerprint density at radius 2 is 1.68 bits per heavy atom. The lowest BCUT2D eigenvalue weighted by Gasteiger charge is -2.14. The second-order valence-corrected chi connectivity index (χ2v) is 6.81. The molecule has 1 aromatic rings. The third-order valence-corrected chi connectivity index (χ3v) is 4.48. The number of carbonyl (C=O) groups excluding carboxylic acids is 1. The number of carbonyl (C=O) groups is 1. The van der Waals surface area contributed by atoms with E-state index in [2.05, 4.69) is 48.7 Å². The molecule has 0 spiro atoms. The van der Waals surface area contributed by atoms with E-state index < -0.39 is 0 Å². The van der Waals surface area contributed by atoms with Gasteiger partial charge in [-0.15, -0.1) is 11.8 Å². The summed E-state index contributed by atoms with van der Waals surface area (Å²) in [6.45, 7) is 2.14. The van der Waals surface area contributed by atoms with Crippen molar-refractivity contribution in [3.05, 3.63) is 54.0 Å². The lowest BCUT2D eigenvalue weighted by atomic mass is 9.97. The number of nitrogens with one attached hydrogen (secondary N) is 1. The SMILES string of the molecule is CCSc1cnc(C2=CCCC=C2)c(C2=CCCC=C2)n1.CNC=O. The van der Waals surface area contributed by atoms with E-state index in [1.54, 1.807) is 18.8 Å². The molecule has 0 radical (unpaired) electrons. The van der Waals surface area contributed by atoms with Crippen LogP contribution < -0.4 is 5.32 Å². The van der Waals surface area contributed by atoms with Crippen molar-refractivity contribution in [2.75, 3.05) is 12.8 Å². The highest BCUT2D eigenvalue weighted by molar-refractivity contribution is 7.99. The monoisotopic (exact) mass is 355 g/mol. The fourth-order valence-electron chi connectivity index (χ4n) is 2.58. The van der Waals surface area contributed by atoms with Gasteiger partial charge in [0.1, 0.15) is 5.03 Å². The molecule has 0 fully saturated rings. The fraction of sp³-hybridized carbons (Fsp3) is 0.350. The van der Waals surface area contributed by atoms with Crippen LogP contribution in [0.1, 0.15) is 44.0 Å². The standard InChI is InChI=1S/C18H20N2S.C2H5NO/c1-2-21-16-13-19-17(14-9-5-3-6-10-14)18(20-16)15-11-7-4-8-12-15;1-3-2-4/h5,7,9-13H,2-4,6,8H2,1H3;2H,1H3,(H,3,4). The van der Waals surface area contributed by atoms with Gasteiger partial charge in [-0.1, -0.05) is 43.4 Å². The largest absolute Gasteiger partial charge is 0.362 e. The number of hydrogen-bond acceptors (Lipinski definition) is 4. The van der Waals surface area contributed by atoms with Gasteiger partial charge in [0, 0.05) is 7.05 Å². The quantitative estimate of drug-likeness (QED) is 0.627. The van der Waals surface area contributed by atoms with Gasteiger partial charge in [0.15, 0.2) is 0 Å². The number of thioether (sulfide) groups is 1. The van der Waals surface area contributed by atoms with E-state index in [1.165, 1.54) is 11.1 Å². The summed E-state index contributed by atoms with van der Waals surface area (Å²) in [4.78, 5) is 18.6. The van der Waals surface area contributed by atoms with Gasteiger partial charge >= 0.3 is 0 Å². The van der Waals surface area contributed by atoms with Gasteiger partial charge in [-0.25, -0.2) is 4.98 Å². The Hall–Kier alpha value is -2.14. The molecule has 2 aliphatic carbocycles. The molecule has 25 heavy (non-hydrogen) atoms. The van der Waals surface area contributed by atoms with Crippen molar-refractivity contribution in [1.29, 1.82) is 0 Å². The maximum atomic E-state index is 9.06. The Morgan fingerprint density at radius 1 is 1.08 bits per heavy atom. The lowest BCUT2D eigenvalue weighted by Crippen LogP contribution is -2.02. The van der Waals surface area contributed by atoms with Crippen LogP contribution in [0.5, 0.6) is 0 Å². The number of hydrogen-bond donors (Lipinski definition) is 1. The van der Waals surface area contributed by atoms with Crippen LogP contribution in [-0.4, -0.2) is 29.2 Å². The molecule has 3 rings (SSSR count). The fourth-order valence-corrected chi connectivity index (χ4v) is 3.16. The van der Waals surface area contributed by atoms with Crippen LogP contribution in [0.15, 0.2) is 47.7 Å². The minimum atomic E-state index is 0.625. The molecule has 0 unspecified atom stereocenters. The minimum absolute atomic E-state index is 0.625. The topological polar surface area (TPSA) is 54.9 Å². The summed E-state index contributed by atoms with van der Waals surface area (Å²) in [5.41, 5.74) is 4.46. The molecule has 0 saturated carbocycles. The van der Waals surface area contributed by atoms with Crippen LogP contribution in [0, 0.1) is 0 Å². The number of allylic oxidation sites excluding steroid dienone is 8. The molecular formula is C20H25N3OS. The van der Waals surface area contributed by atoms with Crippen LogP contribution in [0.2, 0.25) is 0 Å². The molecule has 0 aliphatic heterocycles. The van der Waals surface area contributed by atoms with Crippen molar-refractivity contribution in [1.82, 2.24) is 15.3 Å². The van der Waals surface area contributed by atoms with Crippen molar-refractivity contribution in [2.24, 2.45) is 0 Å². The van der Waals surface area contributed by atoms with E-state index in [9.17, 15) is 0 Å². The second-order valence-electron chi connectivity index (χ2n) is 5.52. The number of nitrogens with zero attached hydrogens (tertiary/aromatic N) is 2. The second kappa shape index (κ2) is 10.7. The van der Waals surface area contributed by atoms with Gasteiger partial charge in [0.2, 0.25) is 6.41 Å². The maximum Gasteiger partial charge on any atom is 0.206 e. The number of amides is 1. The zero-order valence-corrected chi connectivity index (χ0v) is 15.7. The summed E-state index contributed by atoms with van der Waals surface area (Å²) in [7, 11) is 1.56. The summed E-state index contributed by atoms with van der Waals surface area (Å²) in [6.07, 6.45) is 20.3. The zero-order chi connectivity index (χ0) is 17.9. The third-order valence-electron chi connectivity index (χ3n) is 3.70. The Kier molecular flexibility index (Phi) is 8.19. The normalized spacial score (nSPS) is 15.6. The molecule has 1 N–H and O–H groups in total. The van der Waals surface area contributed by atoms with Crippen LogP contribution in [-0.2, 0) is 4.79 Å². The van der Waals surface area contributed by atoms with Gasteiger partial charge in [-0.2, -0.15) is 0 Å². The van der Waals surface area contributed by atoms with Crippen molar-refractivity contribution in [3.63, 3.8) is 0 Å². The highest BCUT2D eigenvalue weighted by Crippen LogP contribution is 2.30. The van der Waals surface area contributed by atoms with Crippen molar-refractivity contribution in [2.45, 2.75) is 37.6 Å². The first-order valence-corrected chi connectivity index (χ1v) is 9.63. The lowest BCUT2D eigenvalue weighted by molar-refractivity contribution is -0.109. The Morgan fingerprint density at radius 3 is 2.16 bits per heavy atom. The van der Waals surface area contributed by atoms with E-state index >= 15 is 0 Å². The van der Waals surface area contributed by atoms with Crippen molar-refractivity contribution >= 4 is 29.3 Å². The molecule has 132 valence electrons. The summed E-state index contributed by atoms with van der Waals surface area (Å²) in [5.74, 6) is 1.02. The minimum Gasteiger partial charge on any atom is -0.362 e. The Bertz CT molecular complexity index is 705. The molecule has 5 heteroatoms. The molecule has 2 aliphatic rings. The first-order valence-electron chi connectivity index (χ1n) is 8.65. The molecule has 1 amide bonds. The molecule has 1 aromatic heterocycles. The van der Waals surface area contributed by atoms with Gasteiger partial charge in [-0.05, 0) is 42.6 Å². The molecule has 1 heterocycles. The van der Waals surface area contributed by atoms with Gasteiger partial charge in [-0.3, -0.25) is 9.78 Å². The molecule has 0 atom stereocenters. The highest BCUT2D eigenvalue weighted by Gasteiger charge is 2.15. The van der Waals surface area contributed by atoms with Crippen LogP contribution >= 0.6 is 11.8 Å². The smallest absolute Gasteiger partial charge is 0.206 e. The molecule has 4 nitrogen and oxygen atoms in total. The number of aromatic nitrogens is 2. The third kappa shape index (κ3) is 5.71. The molecule has 0 aromatic carbocycles. The van der Waals surface area contributed by atoms with Crippen LogP contribution in [0.3, 0.4) is 0 Å². The van der Waals surface area contributed by atoms with Gasteiger partial charge < -0.3 is 5.32 Å². The molecular weight excluding hydrogens is 330 g/mol. The summed E-state index contributed by atoms with van der Waals surface area (Å²) >= 11 is 1.75. The summed E-state index contributed by atoms with van der Waals surface area (Å²) in [6, 6.07) is 0. The van der Waals surface area contributed by atoms with E-state index in [4.69, 9.17) is 14.8 Å². The number of rotatable bonds is 5. The maximum absolute atomic E-state index is 9.06. The van der Waals surface area contributed by atoms with Crippen molar-refractivity contribution < 1.29 is 4.79 Å². The van der Waals surface area contributed by atoms with Gasteiger partial charge in [0.05, 0.1) is 17.6 Å². The molecule has 0 bridgehead atoms. The van der Waals surface area contributed by atoms with E-state index in [0.717, 1.165) is 47.8 Å². The van der Waals surface area contributed by atoms with E-state index in [0.29, 0.717) is 6.41 Å². The average molecular weight is 356 g/mol. The summed E-state index contributed by atoms with van der Waals surface area (Å²) in [5, 5.41) is 3.26. The van der Waals surface area contributed by atoms with Crippen molar-refractivity contribution in [3.8, 4) is 0 Å². The van der Waals surface area contributed by atoms with Gasteiger partial charge in [0.25, 0.3) is 0 Å². The highest BCUT2D eigenvalue weighted by atomic mass is 32.2. The first kappa shape index (κ1) is 19.2. The first-order chi connectivity index (χ1) is 12.3. The Balaban J connectivity index is 0.000000511. The predicted octanol–water partition coefficient (Wildman–Crippen LogP) is 4.42. The van der Waals surface area contributed by atoms with E-state index in [-0.39, 0.29) is 0 Å². The molecule has 0 saturated heterocycles.